The van der Waals surface area contributed by atoms with Gasteiger partial charge in [-0.3, -0.25) is 0 Å². The van der Waals surface area contributed by atoms with Gasteiger partial charge < -0.3 is 21.3 Å². The quantitative estimate of drug-likeness (QED) is 0.660. The zero-order valence-electron chi connectivity index (χ0n) is 8.68. The third-order valence-corrected chi connectivity index (χ3v) is 2.17. The summed E-state index contributed by atoms with van der Waals surface area (Å²) in [5, 5.41) is 6.90. The lowest BCUT2D eigenvalue weighted by Gasteiger charge is -2.06. The predicted octanol–water partition coefficient (Wildman–Crippen LogP) is 0.889. The summed E-state index contributed by atoms with van der Waals surface area (Å²) in [4.78, 5) is 3.92. The first-order valence-corrected chi connectivity index (χ1v) is 4.90. The van der Waals surface area contributed by atoms with E-state index in [1.54, 1.807) is 12.1 Å². The maximum Gasteiger partial charge on any atom is 0.213 e. The van der Waals surface area contributed by atoms with Crippen LogP contribution in [0.1, 0.15) is 5.82 Å². The largest absolute Gasteiger partial charge is 0.397 e. The van der Waals surface area contributed by atoms with E-state index in [9.17, 15) is 0 Å². The Morgan fingerprint density at radius 1 is 1.25 bits per heavy atom. The van der Waals surface area contributed by atoms with Crippen LogP contribution in [-0.2, 0) is 6.42 Å². The van der Waals surface area contributed by atoms with Crippen LogP contribution in [0.4, 0.5) is 17.1 Å². The van der Waals surface area contributed by atoms with Gasteiger partial charge in [0.05, 0.1) is 11.4 Å². The summed E-state index contributed by atoms with van der Waals surface area (Å²) in [6.45, 7) is 0.711. The van der Waals surface area contributed by atoms with E-state index >= 15 is 0 Å². The van der Waals surface area contributed by atoms with E-state index in [2.05, 4.69) is 20.0 Å². The molecule has 0 bridgehead atoms. The Balaban J connectivity index is 1.87. The SMILES string of the molecule is Nc1ccc(NCCc2ncon2)cc1N. The fourth-order valence-corrected chi connectivity index (χ4v) is 1.31. The van der Waals surface area contributed by atoms with Gasteiger partial charge in [0.1, 0.15) is 0 Å². The maximum absolute atomic E-state index is 5.68. The predicted molar refractivity (Wildman–Crippen MR) is 61.8 cm³/mol. The van der Waals surface area contributed by atoms with Crippen molar-refractivity contribution in [3.05, 3.63) is 30.4 Å². The highest BCUT2D eigenvalue weighted by atomic mass is 16.5. The number of rotatable bonds is 4. The molecule has 0 aliphatic rings. The van der Waals surface area contributed by atoms with Crippen molar-refractivity contribution >= 4 is 17.1 Å². The third kappa shape index (κ3) is 2.41. The van der Waals surface area contributed by atoms with E-state index in [1.807, 2.05) is 6.07 Å². The molecule has 6 heteroatoms. The number of nitrogens with one attached hydrogen (secondary N) is 1. The second kappa shape index (κ2) is 4.52. The number of benzene rings is 1. The molecule has 2 rings (SSSR count). The fourth-order valence-electron chi connectivity index (χ4n) is 1.31. The molecule has 1 heterocycles. The van der Waals surface area contributed by atoms with Gasteiger partial charge in [-0.15, -0.1) is 0 Å². The van der Waals surface area contributed by atoms with Crippen LogP contribution in [-0.4, -0.2) is 16.7 Å². The Hall–Kier alpha value is -2.24. The summed E-state index contributed by atoms with van der Waals surface area (Å²) in [5.41, 5.74) is 13.4. The smallest absolute Gasteiger partial charge is 0.213 e. The van der Waals surface area contributed by atoms with E-state index in [0.717, 1.165) is 5.69 Å². The number of aromatic nitrogens is 2. The van der Waals surface area contributed by atoms with E-state index in [1.165, 1.54) is 6.39 Å². The maximum atomic E-state index is 5.68. The molecule has 0 spiro atoms. The van der Waals surface area contributed by atoms with Gasteiger partial charge in [-0.05, 0) is 18.2 Å². The molecule has 0 fully saturated rings. The summed E-state index contributed by atoms with van der Waals surface area (Å²) in [5.74, 6) is 0.677. The first-order valence-electron chi connectivity index (χ1n) is 4.90. The Kier molecular flexibility index (Phi) is 2.90. The molecule has 0 amide bonds. The van der Waals surface area contributed by atoms with Crippen molar-refractivity contribution in [1.29, 1.82) is 0 Å². The number of hydrogen-bond acceptors (Lipinski definition) is 6. The molecule has 6 nitrogen and oxygen atoms in total. The zero-order chi connectivity index (χ0) is 11.4. The van der Waals surface area contributed by atoms with Crippen molar-refractivity contribution in [1.82, 2.24) is 10.1 Å². The van der Waals surface area contributed by atoms with Crippen LogP contribution in [0.3, 0.4) is 0 Å². The average molecular weight is 219 g/mol. The van der Waals surface area contributed by atoms with Crippen LogP contribution in [0, 0.1) is 0 Å². The van der Waals surface area contributed by atoms with Crippen LogP contribution >= 0.6 is 0 Å². The standard InChI is InChI=1S/C10H13N5O/c11-8-2-1-7(5-9(8)12)13-4-3-10-14-6-16-15-10/h1-2,5-6,13H,3-4,11-12H2. The zero-order valence-corrected chi connectivity index (χ0v) is 8.68. The van der Waals surface area contributed by atoms with Gasteiger partial charge >= 0.3 is 0 Å². The van der Waals surface area contributed by atoms with Crippen LogP contribution < -0.4 is 16.8 Å². The first-order chi connectivity index (χ1) is 7.75. The van der Waals surface area contributed by atoms with E-state index in [4.69, 9.17) is 11.5 Å². The minimum Gasteiger partial charge on any atom is -0.397 e. The molecule has 0 saturated carbocycles. The lowest BCUT2D eigenvalue weighted by Crippen LogP contribution is -2.06. The summed E-state index contributed by atoms with van der Waals surface area (Å²) in [7, 11) is 0. The molecule has 0 unspecified atom stereocenters. The monoisotopic (exact) mass is 219 g/mol. The third-order valence-electron chi connectivity index (χ3n) is 2.17. The van der Waals surface area contributed by atoms with E-state index in [-0.39, 0.29) is 0 Å². The highest BCUT2D eigenvalue weighted by Gasteiger charge is 1.99. The summed E-state index contributed by atoms with van der Waals surface area (Å²) < 4.78 is 4.63. The van der Waals surface area contributed by atoms with Crippen LogP contribution in [0.25, 0.3) is 0 Å². The number of nitrogens with two attached hydrogens (primary N) is 2. The second-order valence-corrected chi connectivity index (χ2v) is 3.37. The first kappa shape index (κ1) is 10.3. The summed E-state index contributed by atoms with van der Waals surface area (Å²) in [6.07, 6.45) is 2.01. The van der Waals surface area contributed by atoms with Crippen molar-refractivity contribution in [2.24, 2.45) is 0 Å². The number of anilines is 3. The van der Waals surface area contributed by atoms with E-state index in [0.29, 0.717) is 30.2 Å². The number of nitrogen functional groups attached to an aromatic ring is 2. The second-order valence-electron chi connectivity index (χ2n) is 3.37. The molecular formula is C10H13N5O. The minimum atomic E-state index is 0.574. The molecule has 16 heavy (non-hydrogen) atoms. The van der Waals surface area contributed by atoms with Gasteiger partial charge in [-0.1, -0.05) is 5.16 Å². The van der Waals surface area contributed by atoms with Crippen LogP contribution in [0.2, 0.25) is 0 Å². The topological polar surface area (TPSA) is 103 Å². The minimum absolute atomic E-state index is 0.574. The Bertz CT molecular complexity index is 454. The Labute approximate surface area is 92.6 Å². The lowest BCUT2D eigenvalue weighted by atomic mass is 10.2. The molecule has 0 radical (unpaired) electrons. The lowest BCUT2D eigenvalue weighted by molar-refractivity contribution is 0.410. The molecule has 5 N–H and O–H groups in total. The highest BCUT2D eigenvalue weighted by Crippen LogP contribution is 2.19. The van der Waals surface area contributed by atoms with Gasteiger partial charge in [-0.2, -0.15) is 4.98 Å². The number of hydrogen-bond donors (Lipinski definition) is 3. The van der Waals surface area contributed by atoms with Gasteiger partial charge in [0.25, 0.3) is 0 Å². The van der Waals surface area contributed by atoms with Crippen molar-refractivity contribution < 1.29 is 4.52 Å². The molecule has 84 valence electrons. The Morgan fingerprint density at radius 3 is 2.81 bits per heavy atom. The van der Waals surface area contributed by atoms with Gasteiger partial charge in [0.15, 0.2) is 5.82 Å². The molecule has 1 aromatic carbocycles. The van der Waals surface area contributed by atoms with Crippen molar-refractivity contribution in [3.63, 3.8) is 0 Å². The van der Waals surface area contributed by atoms with Crippen molar-refractivity contribution in [3.8, 4) is 0 Å². The van der Waals surface area contributed by atoms with Gasteiger partial charge in [-0.25, -0.2) is 0 Å². The normalized spacial score (nSPS) is 10.2. The molecule has 0 atom stereocenters. The fraction of sp³-hybridized carbons (Fsp3) is 0.200. The van der Waals surface area contributed by atoms with Gasteiger partial charge in [0.2, 0.25) is 6.39 Å². The van der Waals surface area contributed by atoms with E-state index < -0.39 is 0 Å². The summed E-state index contributed by atoms with van der Waals surface area (Å²) >= 11 is 0. The summed E-state index contributed by atoms with van der Waals surface area (Å²) in [6, 6.07) is 5.44. The van der Waals surface area contributed by atoms with Crippen LogP contribution in [0.5, 0.6) is 0 Å². The van der Waals surface area contributed by atoms with Crippen molar-refractivity contribution in [2.45, 2.75) is 6.42 Å². The molecule has 2 aromatic rings. The molecular weight excluding hydrogens is 206 g/mol. The highest BCUT2D eigenvalue weighted by molar-refractivity contribution is 5.69. The Morgan fingerprint density at radius 2 is 2.12 bits per heavy atom. The average Bonchev–Trinajstić information content (AvgIpc) is 2.76. The molecule has 0 aliphatic carbocycles. The van der Waals surface area contributed by atoms with Crippen molar-refractivity contribution in [2.75, 3.05) is 23.3 Å². The van der Waals surface area contributed by atoms with Crippen LogP contribution in [0.15, 0.2) is 29.1 Å². The molecule has 1 aromatic heterocycles. The number of nitrogens with zero attached hydrogens (tertiary/aromatic N) is 2. The molecule has 0 saturated heterocycles. The van der Waals surface area contributed by atoms with Gasteiger partial charge in [0, 0.05) is 18.7 Å². The molecule has 0 aliphatic heterocycles.